The quantitative estimate of drug-likeness (QED) is 0.277. The molecule has 0 aliphatic carbocycles. The highest BCUT2D eigenvalue weighted by atomic mass is 35.5. The van der Waals surface area contributed by atoms with Gasteiger partial charge in [0.1, 0.15) is 39.6 Å². The number of rotatable bonds is 8. The van der Waals surface area contributed by atoms with Crippen LogP contribution in [-0.2, 0) is 17.7 Å². The van der Waals surface area contributed by atoms with E-state index in [9.17, 15) is 9.59 Å². The summed E-state index contributed by atoms with van der Waals surface area (Å²) in [4.78, 5) is 32.5. The zero-order valence-electron chi connectivity index (χ0n) is 20.2. The molecule has 4 N–H and O–H groups in total. The van der Waals surface area contributed by atoms with Crippen molar-refractivity contribution in [2.45, 2.75) is 52.3 Å². The fourth-order valence-electron chi connectivity index (χ4n) is 3.51. The maximum absolute atomic E-state index is 12.3. The summed E-state index contributed by atoms with van der Waals surface area (Å²) in [6.07, 6.45) is 2.40. The Labute approximate surface area is 211 Å². The lowest BCUT2D eigenvalue weighted by atomic mass is 10.1. The summed E-state index contributed by atoms with van der Waals surface area (Å²) in [5.74, 6) is 0.444. The standard InChI is InChI=1S/C24H26ClN5O6/c1-12(28-23(32)36-24(2,3)4)8-16-18(22-29-15(11-34-22)21(26)31)19-20(35-16)14(9-17(25)30-19)27-10-13-6-5-7-33-13/h5-7,9,11-12H,8,10H2,1-4H3,(H2,26,31)(H,27,30)(H,28,32). The van der Waals surface area contributed by atoms with E-state index in [-0.39, 0.29) is 23.2 Å². The van der Waals surface area contributed by atoms with Gasteiger partial charge in [-0.3, -0.25) is 4.79 Å². The number of aromatic nitrogens is 2. The molecule has 0 spiro atoms. The molecule has 4 aromatic rings. The molecule has 0 aliphatic heterocycles. The van der Waals surface area contributed by atoms with Crippen LogP contribution in [0.15, 0.2) is 44.0 Å². The summed E-state index contributed by atoms with van der Waals surface area (Å²) in [5.41, 5.74) is 6.35. The van der Waals surface area contributed by atoms with Crippen LogP contribution in [0.3, 0.4) is 0 Å². The Morgan fingerprint density at radius 1 is 1.25 bits per heavy atom. The molecule has 4 aromatic heterocycles. The Hall–Kier alpha value is -3.99. The average molecular weight is 516 g/mol. The molecule has 0 saturated carbocycles. The second kappa shape index (κ2) is 9.94. The first-order chi connectivity index (χ1) is 17.0. The van der Waals surface area contributed by atoms with E-state index in [1.807, 2.05) is 6.07 Å². The summed E-state index contributed by atoms with van der Waals surface area (Å²) >= 11 is 6.33. The SMILES string of the molecule is CC(Cc1oc2c(NCc3ccco3)cc(Cl)nc2c1-c1nc(C(N)=O)co1)NC(=O)OC(C)(C)C. The fourth-order valence-corrected chi connectivity index (χ4v) is 3.71. The smallest absolute Gasteiger partial charge is 0.407 e. The molecule has 36 heavy (non-hydrogen) atoms. The molecule has 1 atom stereocenters. The number of carbonyl (C=O) groups excluding carboxylic acids is 2. The molecule has 0 saturated heterocycles. The van der Waals surface area contributed by atoms with E-state index in [0.29, 0.717) is 40.4 Å². The van der Waals surface area contributed by atoms with E-state index in [1.54, 1.807) is 46.1 Å². The van der Waals surface area contributed by atoms with Crippen molar-refractivity contribution < 1.29 is 27.6 Å². The highest BCUT2D eigenvalue weighted by Crippen LogP contribution is 2.38. The number of ether oxygens (including phenoxy) is 1. The van der Waals surface area contributed by atoms with Crippen LogP contribution in [0, 0.1) is 0 Å². The Balaban J connectivity index is 1.73. The lowest BCUT2D eigenvalue weighted by Crippen LogP contribution is -2.38. The first-order valence-corrected chi connectivity index (χ1v) is 11.5. The zero-order chi connectivity index (χ0) is 26.0. The van der Waals surface area contributed by atoms with Crippen LogP contribution in [0.1, 0.15) is 49.7 Å². The number of oxazole rings is 1. The number of anilines is 1. The van der Waals surface area contributed by atoms with E-state index in [2.05, 4.69) is 20.6 Å². The fraction of sp³-hybridized carbons (Fsp3) is 0.333. The molecular formula is C24H26ClN5O6. The highest BCUT2D eigenvalue weighted by molar-refractivity contribution is 6.30. The number of pyridine rings is 1. The largest absolute Gasteiger partial charge is 0.467 e. The second-order valence-electron chi connectivity index (χ2n) is 9.16. The molecule has 12 heteroatoms. The molecule has 0 aromatic carbocycles. The summed E-state index contributed by atoms with van der Waals surface area (Å²) in [6, 6.07) is 4.83. The van der Waals surface area contributed by atoms with Crippen LogP contribution in [0.2, 0.25) is 5.15 Å². The summed E-state index contributed by atoms with van der Waals surface area (Å²) in [7, 11) is 0. The minimum atomic E-state index is -0.744. The molecule has 0 bridgehead atoms. The van der Waals surface area contributed by atoms with Gasteiger partial charge in [0.2, 0.25) is 5.89 Å². The molecule has 2 amide bonds. The van der Waals surface area contributed by atoms with E-state index in [0.717, 1.165) is 6.26 Å². The first-order valence-electron chi connectivity index (χ1n) is 11.1. The number of hydrogen-bond acceptors (Lipinski definition) is 9. The lowest BCUT2D eigenvalue weighted by Gasteiger charge is -2.21. The number of carbonyl (C=O) groups is 2. The van der Waals surface area contributed by atoms with E-state index in [4.69, 9.17) is 35.3 Å². The number of nitrogens with two attached hydrogens (primary N) is 1. The molecule has 4 heterocycles. The van der Waals surface area contributed by atoms with Crippen molar-refractivity contribution in [3.63, 3.8) is 0 Å². The third kappa shape index (κ3) is 5.80. The lowest BCUT2D eigenvalue weighted by molar-refractivity contribution is 0.0507. The summed E-state index contributed by atoms with van der Waals surface area (Å²) in [5, 5.41) is 6.21. The molecule has 11 nitrogen and oxygen atoms in total. The Bertz CT molecular complexity index is 1390. The van der Waals surface area contributed by atoms with Gasteiger partial charge in [-0.2, -0.15) is 0 Å². The molecule has 190 valence electrons. The van der Waals surface area contributed by atoms with Gasteiger partial charge >= 0.3 is 6.09 Å². The topological polar surface area (TPSA) is 159 Å². The van der Waals surface area contributed by atoms with Crippen LogP contribution in [0.25, 0.3) is 22.6 Å². The predicted molar refractivity (Wildman–Crippen MR) is 132 cm³/mol. The second-order valence-corrected chi connectivity index (χ2v) is 9.54. The van der Waals surface area contributed by atoms with Gasteiger partial charge in [0.15, 0.2) is 11.3 Å². The molecule has 0 fully saturated rings. The van der Waals surface area contributed by atoms with Crippen molar-refractivity contribution in [1.29, 1.82) is 0 Å². The van der Waals surface area contributed by atoms with Crippen molar-refractivity contribution in [3.8, 4) is 11.5 Å². The number of primary amides is 1. The maximum atomic E-state index is 12.3. The maximum Gasteiger partial charge on any atom is 0.407 e. The minimum absolute atomic E-state index is 0.0524. The van der Waals surface area contributed by atoms with Crippen molar-refractivity contribution in [2.24, 2.45) is 5.73 Å². The Morgan fingerprint density at radius 2 is 2.03 bits per heavy atom. The predicted octanol–water partition coefficient (Wildman–Crippen LogP) is 4.90. The van der Waals surface area contributed by atoms with Gasteiger partial charge in [0.25, 0.3) is 5.91 Å². The number of halogens is 1. The van der Waals surface area contributed by atoms with Crippen molar-refractivity contribution in [3.05, 3.63) is 53.1 Å². The van der Waals surface area contributed by atoms with Crippen LogP contribution in [0.5, 0.6) is 0 Å². The number of alkyl carbamates (subject to hydrolysis) is 1. The van der Waals surface area contributed by atoms with Crippen molar-refractivity contribution >= 4 is 40.4 Å². The van der Waals surface area contributed by atoms with Gasteiger partial charge in [-0.15, -0.1) is 0 Å². The Morgan fingerprint density at radius 3 is 2.67 bits per heavy atom. The van der Waals surface area contributed by atoms with Crippen LogP contribution < -0.4 is 16.4 Å². The van der Waals surface area contributed by atoms with Crippen molar-refractivity contribution in [1.82, 2.24) is 15.3 Å². The van der Waals surface area contributed by atoms with Gasteiger partial charge < -0.3 is 34.4 Å². The molecule has 1 unspecified atom stereocenters. The summed E-state index contributed by atoms with van der Waals surface area (Å²) in [6.45, 7) is 7.50. The number of nitrogens with one attached hydrogen (secondary N) is 2. The molecule has 0 radical (unpaired) electrons. The third-order valence-corrected chi connectivity index (χ3v) is 5.13. The van der Waals surface area contributed by atoms with Crippen LogP contribution >= 0.6 is 11.6 Å². The molecular weight excluding hydrogens is 490 g/mol. The summed E-state index contributed by atoms with van der Waals surface area (Å²) < 4.78 is 22.5. The van der Waals surface area contributed by atoms with Gasteiger partial charge in [0.05, 0.1) is 18.5 Å². The average Bonchev–Trinajstić information content (AvgIpc) is 3.50. The highest BCUT2D eigenvalue weighted by Gasteiger charge is 2.27. The van der Waals surface area contributed by atoms with Crippen molar-refractivity contribution in [2.75, 3.05) is 5.32 Å². The van der Waals surface area contributed by atoms with Gasteiger partial charge in [-0.1, -0.05) is 11.6 Å². The third-order valence-electron chi connectivity index (χ3n) is 4.94. The molecule has 0 aliphatic rings. The van der Waals surface area contributed by atoms with Gasteiger partial charge in [-0.25, -0.2) is 14.8 Å². The minimum Gasteiger partial charge on any atom is -0.467 e. The monoisotopic (exact) mass is 515 g/mol. The van der Waals surface area contributed by atoms with Crippen LogP contribution in [0.4, 0.5) is 10.5 Å². The number of hydrogen-bond donors (Lipinski definition) is 3. The number of fused-ring (bicyclic) bond motifs is 1. The normalized spacial score (nSPS) is 12.5. The van der Waals surface area contributed by atoms with Gasteiger partial charge in [0, 0.05) is 18.5 Å². The number of nitrogens with zero attached hydrogens (tertiary/aromatic N) is 2. The molecule has 4 rings (SSSR count). The Kier molecular flexibility index (Phi) is 6.93. The first kappa shape index (κ1) is 25.1. The van der Waals surface area contributed by atoms with E-state index in [1.165, 1.54) is 0 Å². The zero-order valence-corrected chi connectivity index (χ0v) is 20.9. The van der Waals surface area contributed by atoms with Gasteiger partial charge in [-0.05, 0) is 39.8 Å². The van der Waals surface area contributed by atoms with E-state index >= 15 is 0 Å². The number of amides is 2. The van der Waals surface area contributed by atoms with Crippen LogP contribution in [-0.4, -0.2) is 33.6 Å². The van der Waals surface area contributed by atoms with E-state index < -0.39 is 23.6 Å². The number of furan rings is 2.